The van der Waals surface area contributed by atoms with Gasteiger partial charge in [-0.1, -0.05) is 0 Å². The molecule has 7 heteroatoms. The second kappa shape index (κ2) is 4.54. The lowest BCUT2D eigenvalue weighted by atomic mass is 10.0. The van der Waals surface area contributed by atoms with E-state index < -0.39 is 5.66 Å². The first-order chi connectivity index (χ1) is 8.55. The third-order valence-corrected chi connectivity index (χ3v) is 3.73. The van der Waals surface area contributed by atoms with Gasteiger partial charge in [0.15, 0.2) is 0 Å². The highest BCUT2D eigenvalue weighted by Gasteiger charge is 2.45. The molecule has 0 aromatic carbocycles. The predicted octanol–water partition coefficient (Wildman–Crippen LogP) is 0.367. The fourth-order valence-corrected chi connectivity index (χ4v) is 2.84. The number of aromatic nitrogens is 1. The highest BCUT2D eigenvalue weighted by Crippen LogP contribution is 2.32. The van der Waals surface area contributed by atoms with Crippen molar-refractivity contribution in [3.63, 3.8) is 0 Å². The van der Waals surface area contributed by atoms with Crippen LogP contribution in [0.1, 0.15) is 28.9 Å². The van der Waals surface area contributed by atoms with Crippen molar-refractivity contribution in [2.24, 2.45) is 0 Å². The van der Waals surface area contributed by atoms with E-state index in [0.717, 1.165) is 5.56 Å². The summed E-state index contributed by atoms with van der Waals surface area (Å²) >= 11 is 0. The molecule has 1 spiro atoms. The van der Waals surface area contributed by atoms with E-state index in [2.05, 4.69) is 5.32 Å². The highest BCUT2D eigenvalue weighted by atomic mass is 35.5. The predicted molar refractivity (Wildman–Crippen MR) is 72.6 cm³/mol. The minimum Gasteiger partial charge on any atom is -0.394 e. The number of amides is 1. The van der Waals surface area contributed by atoms with Crippen LogP contribution in [0, 0.1) is 6.92 Å². The quantitative estimate of drug-likeness (QED) is 0.721. The summed E-state index contributed by atoms with van der Waals surface area (Å²) in [7, 11) is 0. The van der Waals surface area contributed by atoms with Crippen molar-refractivity contribution in [3.8, 4) is 0 Å². The maximum atomic E-state index is 12.2. The Morgan fingerprint density at radius 1 is 1.37 bits per heavy atom. The van der Waals surface area contributed by atoms with Gasteiger partial charge in [-0.15, -0.1) is 12.4 Å². The number of aryl methyl sites for hydroxylation is 1. The van der Waals surface area contributed by atoms with Gasteiger partial charge in [0.25, 0.3) is 11.5 Å². The van der Waals surface area contributed by atoms with Gasteiger partial charge in [0.2, 0.25) is 0 Å². The van der Waals surface area contributed by atoms with Gasteiger partial charge in [-0.3, -0.25) is 14.2 Å². The molecule has 3 rings (SSSR count). The summed E-state index contributed by atoms with van der Waals surface area (Å²) in [5, 5.41) is 2.93. The molecule has 0 atom stereocenters. The maximum Gasteiger partial charge on any atom is 0.276 e. The van der Waals surface area contributed by atoms with Gasteiger partial charge in [0.1, 0.15) is 11.4 Å². The van der Waals surface area contributed by atoms with Crippen LogP contribution in [0.5, 0.6) is 0 Å². The normalized spacial score (nSPS) is 19.7. The molecule has 0 saturated carbocycles. The van der Waals surface area contributed by atoms with Crippen molar-refractivity contribution in [2.75, 3.05) is 18.9 Å². The van der Waals surface area contributed by atoms with Crippen molar-refractivity contribution in [3.05, 3.63) is 27.7 Å². The molecule has 0 bridgehead atoms. The van der Waals surface area contributed by atoms with Crippen LogP contribution in [0.4, 0.5) is 5.69 Å². The zero-order valence-corrected chi connectivity index (χ0v) is 11.4. The molecule has 3 heterocycles. The van der Waals surface area contributed by atoms with E-state index in [-0.39, 0.29) is 29.6 Å². The van der Waals surface area contributed by atoms with Gasteiger partial charge in [0.05, 0.1) is 18.9 Å². The Kier molecular flexibility index (Phi) is 3.32. The Morgan fingerprint density at radius 3 is 2.63 bits per heavy atom. The molecule has 3 N–H and O–H groups in total. The fourth-order valence-electron chi connectivity index (χ4n) is 2.84. The second-order valence-electron chi connectivity index (χ2n) is 4.87. The van der Waals surface area contributed by atoms with E-state index in [9.17, 15) is 9.59 Å². The van der Waals surface area contributed by atoms with Crippen LogP contribution in [-0.2, 0) is 10.4 Å². The van der Waals surface area contributed by atoms with E-state index >= 15 is 0 Å². The van der Waals surface area contributed by atoms with Crippen molar-refractivity contribution < 1.29 is 9.53 Å². The molecular weight excluding hydrogens is 270 g/mol. The molecule has 104 valence electrons. The first-order valence-corrected chi connectivity index (χ1v) is 5.98. The van der Waals surface area contributed by atoms with Crippen LogP contribution >= 0.6 is 12.4 Å². The van der Waals surface area contributed by atoms with Gasteiger partial charge in [-0.25, -0.2) is 0 Å². The van der Waals surface area contributed by atoms with Crippen molar-refractivity contribution in [1.29, 1.82) is 0 Å². The molecule has 2 aliphatic heterocycles. The largest absolute Gasteiger partial charge is 0.394 e. The average molecular weight is 286 g/mol. The zero-order valence-electron chi connectivity index (χ0n) is 10.6. The summed E-state index contributed by atoms with van der Waals surface area (Å²) in [6, 6.07) is 1.56. The first-order valence-electron chi connectivity index (χ1n) is 5.98. The zero-order chi connectivity index (χ0) is 12.9. The standard InChI is InChI=1S/C12H15N3O3.ClH/c1-7-6-8(13)11(17)15-9(7)10(16)14-12(15)2-4-18-5-3-12;/h6H,2-5,13H2,1H3,(H,14,16);1H. The van der Waals surface area contributed by atoms with Crippen LogP contribution in [0.3, 0.4) is 0 Å². The SMILES string of the molecule is Cc1cc(N)c(=O)n2c1C(=O)NC21CCOCC1.Cl. The average Bonchev–Trinajstić information content (AvgIpc) is 2.60. The molecule has 0 unspecified atom stereocenters. The van der Waals surface area contributed by atoms with E-state index in [1.54, 1.807) is 13.0 Å². The van der Waals surface area contributed by atoms with Crippen LogP contribution in [0.2, 0.25) is 0 Å². The topological polar surface area (TPSA) is 86.4 Å². The summed E-state index contributed by atoms with van der Waals surface area (Å²) in [6.45, 7) is 2.85. The monoisotopic (exact) mass is 285 g/mol. The summed E-state index contributed by atoms with van der Waals surface area (Å²) < 4.78 is 6.84. The third kappa shape index (κ3) is 1.82. The van der Waals surface area contributed by atoms with E-state index in [0.29, 0.717) is 31.7 Å². The Hall–Kier alpha value is -1.53. The first kappa shape index (κ1) is 13.9. The van der Waals surface area contributed by atoms with Crippen LogP contribution in [-0.4, -0.2) is 23.7 Å². The van der Waals surface area contributed by atoms with Crippen molar-refractivity contribution >= 4 is 24.0 Å². The number of rotatable bonds is 0. The van der Waals surface area contributed by atoms with Crippen LogP contribution in [0.15, 0.2) is 10.9 Å². The smallest absolute Gasteiger partial charge is 0.276 e. The number of carbonyl (C=O) groups excluding carboxylic acids is 1. The number of carbonyl (C=O) groups is 1. The molecule has 2 aliphatic rings. The molecular formula is C12H16ClN3O3. The summed E-state index contributed by atoms with van der Waals surface area (Å²) in [5.74, 6) is -0.202. The number of nitrogen functional groups attached to an aromatic ring is 1. The molecule has 1 aromatic heterocycles. The Morgan fingerprint density at radius 2 is 2.00 bits per heavy atom. The number of nitrogens with one attached hydrogen (secondary N) is 1. The number of pyridine rings is 1. The Labute approximate surface area is 116 Å². The van der Waals surface area contributed by atoms with E-state index in [4.69, 9.17) is 10.5 Å². The minimum atomic E-state index is -0.651. The highest BCUT2D eigenvalue weighted by molar-refractivity contribution is 5.96. The molecule has 19 heavy (non-hydrogen) atoms. The van der Waals surface area contributed by atoms with Crippen molar-refractivity contribution in [1.82, 2.24) is 9.88 Å². The van der Waals surface area contributed by atoms with Gasteiger partial charge < -0.3 is 15.8 Å². The number of ether oxygens (including phenoxy) is 1. The van der Waals surface area contributed by atoms with Crippen LogP contribution < -0.4 is 16.6 Å². The number of hydrogen-bond donors (Lipinski definition) is 2. The Bertz CT molecular complexity index is 591. The minimum absolute atomic E-state index is 0. The van der Waals surface area contributed by atoms with E-state index in [1.807, 2.05) is 0 Å². The molecule has 0 radical (unpaired) electrons. The summed E-state index contributed by atoms with van der Waals surface area (Å²) in [6.07, 6.45) is 1.18. The fraction of sp³-hybridized carbons (Fsp3) is 0.500. The van der Waals surface area contributed by atoms with Gasteiger partial charge in [-0.2, -0.15) is 0 Å². The number of fused-ring (bicyclic) bond motifs is 2. The lowest BCUT2D eigenvalue weighted by Crippen LogP contribution is -2.51. The number of nitrogens with zero attached hydrogens (tertiary/aromatic N) is 1. The number of halogens is 1. The number of hydrogen-bond acceptors (Lipinski definition) is 4. The van der Waals surface area contributed by atoms with Crippen LogP contribution in [0.25, 0.3) is 0 Å². The number of anilines is 1. The molecule has 1 aromatic rings. The lowest BCUT2D eigenvalue weighted by molar-refractivity contribution is 0.0120. The molecule has 1 fully saturated rings. The summed E-state index contributed by atoms with van der Waals surface area (Å²) in [4.78, 5) is 24.3. The van der Waals surface area contributed by atoms with Gasteiger partial charge in [-0.05, 0) is 18.6 Å². The summed E-state index contributed by atoms with van der Waals surface area (Å²) in [5.41, 5.74) is 6.11. The Balaban J connectivity index is 0.00000133. The molecule has 6 nitrogen and oxygen atoms in total. The molecule has 1 saturated heterocycles. The molecule has 0 aliphatic carbocycles. The second-order valence-corrected chi connectivity index (χ2v) is 4.87. The van der Waals surface area contributed by atoms with E-state index in [1.165, 1.54) is 4.57 Å². The maximum absolute atomic E-state index is 12.2. The van der Waals surface area contributed by atoms with Gasteiger partial charge >= 0.3 is 0 Å². The lowest BCUT2D eigenvalue weighted by Gasteiger charge is -2.35. The van der Waals surface area contributed by atoms with Gasteiger partial charge in [0, 0.05) is 12.8 Å². The van der Waals surface area contributed by atoms with Crippen molar-refractivity contribution in [2.45, 2.75) is 25.4 Å². The molecule has 1 amide bonds. The third-order valence-electron chi connectivity index (χ3n) is 3.73. The number of nitrogens with two attached hydrogens (primary N) is 1.